The van der Waals surface area contributed by atoms with Crippen LogP contribution in [0.3, 0.4) is 0 Å². The van der Waals surface area contributed by atoms with E-state index in [1.807, 2.05) is 12.1 Å². The minimum absolute atomic E-state index is 0.123. The number of piperidine rings is 1. The Bertz CT molecular complexity index is 899. The van der Waals surface area contributed by atoms with E-state index >= 15 is 0 Å². The van der Waals surface area contributed by atoms with Crippen molar-refractivity contribution in [2.75, 3.05) is 26.0 Å². The standard InChI is InChI=1S/C23H27ClN2O3/c1-26(2)18-6-7-19(26)11-15(10-18)14-29-23(28)25-22-9-8-20(27)13-21(22)16-4-3-5-17(24)12-16/h3-5,8-9,12-13,15,18-19H,6-7,10-11,14H2,1-2H3,(H-,25,27,28)/p+1. The Kier molecular flexibility index (Phi) is 5.45. The van der Waals surface area contributed by atoms with Gasteiger partial charge in [-0.05, 0) is 35.9 Å². The molecule has 1 amide bonds. The van der Waals surface area contributed by atoms with Gasteiger partial charge in [-0.15, -0.1) is 0 Å². The van der Waals surface area contributed by atoms with E-state index < -0.39 is 6.09 Å². The van der Waals surface area contributed by atoms with Crippen LogP contribution in [0.4, 0.5) is 10.5 Å². The van der Waals surface area contributed by atoms with E-state index in [1.54, 1.807) is 30.3 Å². The van der Waals surface area contributed by atoms with Crippen LogP contribution >= 0.6 is 11.6 Å². The second-order valence-electron chi connectivity index (χ2n) is 8.82. The molecule has 0 aliphatic carbocycles. The molecule has 2 aromatic rings. The van der Waals surface area contributed by atoms with Gasteiger partial charge in [0.25, 0.3) is 0 Å². The second-order valence-corrected chi connectivity index (χ2v) is 9.25. The number of nitrogens with one attached hydrogen (secondary N) is 1. The normalized spacial score (nSPS) is 24.9. The summed E-state index contributed by atoms with van der Waals surface area (Å²) in [5.74, 6) is 0.550. The van der Waals surface area contributed by atoms with E-state index in [-0.39, 0.29) is 5.75 Å². The molecule has 2 saturated heterocycles. The average Bonchev–Trinajstić information content (AvgIpc) is 2.85. The fraction of sp³-hybridized carbons (Fsp3) is 0.435. The number of quaternary nitrogens is 1. The van der Waals surface area contributed by atoms with Crippen molar-refractivity contribution in [3.63, 3.8) is 0 Å². The molecule has 2 aromatic carbocycles. The smallest absolute Gasteiger partial charge is 0.411 e. The Morgan fingerprint density at radius 2 is 1.90 bits per heavy atom. The molecule has 0 radical (unpaired) electrons. The van der Waals surface area contributed by atoms with Crippen LogP contribution in [0, 0.1) is 5.92 Å². The lowest BCUT2D eigenvalue weighted by Crippen LogP contribution is -2.55. The van der Waals surface area contributed by atoms with Crippen LogP contribution in [-0.2, 0) is 4.74 Å². The largest absolute Gasteiger partial charge is 0.508 e. The number of benzene rings is 2. The van der Waals surface area contributed by atoms with Crippen molar-refractivity contribution < 1.29 is 19.1 Å². The van der Waals surface area contributed by atoms with E-state index in [1.165, 1.54) is 12.8 Å². The molecule has 29 heavy (non-hydrogen) atoms. The minimum atomic E-state index is -0.467. The maximum Gasteiger partial charge on any atom is 0.411 e. The minimum Gasteiger partial charge on any atom is -0.508 e. The van der Waals surface area contributed by atoms with Crippen LogP contribution in [0.5, 0.6) is 5.75 Å². The summed E-state index contributed by atoms with van der Waals surface area (Å²) in [5.41, 5.74) is 2.09. The average molecular weight is 416 g/mol. The molecule has 2 fully saturated rings. The van der Waals surface area contributed by atoms with Gasteiger partial charge in [-0.25, -0.2) is 4.79 Å². The first-order valence-corrected chi connectivity index (χ1v) is 10.6. The number of phenols is 1. The Balaban J connectivity index is 1.41. The first-order chi connectivity index (χ1) is 13.8. The third kappa shape index (κ3) is 4.21. The number of rotatable bonds is 4. The Labute approximate surface area is 176 Å². The molecule has 154 valence electrons. The Hall–Kier alpha value is -2.24. The molecule has 2 aliphatic heterocycles. The highest BCUT2D eigenvalue weighted by Gasteiger charge is 2.48. The highest BCUT2D eigenvalue weighted by Crippen LogP contribution is 2.42. The number of fused-ring (bicyclic) bond motifs is 2. The van der Waals surface area contributed by atoms with Crippen LogP contribution < -0.4 is 5.32 Å². The molecule has 0 aromatic heterocycles. The molecule has 0 spiro atoms. The van der Waals surface area contributed by atoms with Crippen LogP contribution in [0.1, 0.15) is 25.7 Å². The number of ether oxygens (including phenoxy) is 1. The number of hydrogen-bond donors (Lipinski definition) is 2. The van der Waals surface area contributed by atoms with Gasteiger partial charge in [-0.1, -0.05) is 23.7 Å². The van der Waals surface area contributed by atoms with Crippen LogP contribution in [0.2, 0.25) is 5.02 Å². The summed E-state index contributed by atoms with van der Waals surface area (Å²) in [5, 5.41) is 13.3. The SMILES string of the molecule is C[N+]1(C)C2CCC1CC(COC(=O)Nc1ccc(O)cc1-c1cccc(Cl)c1)C2. The summed E-state index contributed by atoms with van der Waals surface area (Å²) in [6, 6.07) is 13.5. The molecular weight excluding hydrogens is 388 g/mol. The van der Waals surface area contributed by atoms with Crippen LogP contribution in [-0.4, -0.2) is 48.5 Å². The van der Waals surface area contributed by atoms with Gasteiger partial charge in [0.1, 0.15) is 5.75 Å². The fourth-order valence-corrected chi connectivity index (χ4v) is 5.20. The van der Waals surface area contributed by atoms with Crippen molar-refractivity contribution in [2.24, 2.45) is 5.92 Å². The molecule has 2 atom stereocenters. The first-order valence-electron chi connectivity index (χ1n) is 10.2. The molecule has 2 bridgehead atoms. The van der Waals surface area contributed by atoms with Gasteiger partial charge in [-0.2, -0.15) is 0 Å². The van der Waals surface area contributed by atoms with Gasteiger partial charge in [0.05, 0.1) is 38.5 Å². The molecule has 0 saturated carbocycles. The molecule has 2 heterocycles. The molecule has 5 nitrogen and oxygen atoms in total. The zero-order chi connectivity index (χ0) is 20.6. The van der Waals surface area contributed by atoms with E-state index in [0.717, 1.165) is 22.9 Å². The number of amides is 1. The maximum atomic E-state index is 12.5. The number of nitrogens with zero attached hydrogens (tertiary/aromatic N) is 1. The van der Waals surface area contributed by atoms with Crippen LogP contribution in [0.25, 0.3) is 11.1 Å². The molecule has 2 N–H and O–H groups in total. The molecule has 6 heteroatoms. The topological polar surface area (TPSA) is 58.6 Å². The van der Waals surface area contributed by atoms with Crippen molar-refractivity contribution in [2.45, 2.75) is 37.8 Å². The number of anilines is 1. The predicted molar refractivity (Wildman–Crippen MR) is 115 cm³/mol. The fourth-order valence-electron chi connectivity index (χ4n) is 5.00. The van der Waals surface area contributed by atoms with Gasteiger partial charge < -0.3 is 14.3 Å². The lowest BCUT2D eigenvalue weighted by Gasteiger charge is -2.44. The van der Waals surface area contributed by atoms with Crippen LogP contribution in [0.15, 0.2) is 42.5 Å². The summed E-state index contributed by atoms with van der Waals surface area (Å²) < 4.78 is 6.69. The third-order valence-electron chi connectivity index (χ3n) is 6.75. The van der Waals surface area contributed by atoms with Crippen molar-refractivity contribution >= 4 is 23.4 Å². The first kappa shape index (κ1) is 20.0. The number of halogens is 1. The predicted octanol–water partition coefficient (Wildman–Crippen LogP) is 5.28. The Morgan fingerprint density at radius 3 is 2.59 bits per heavy atom. The van der Waals surface area contributed by atoms with Gasteiger partial charge >= 0.3 is 6.09 Å². The lowest BCUT2D eigenvalue weighted by atomic mass is 9.90. The number of carbonyl (C=O) groups is 1. The maximum absolute atomic E-state index is 12.5. The summed E-state index contributed by atoms with van der Waals surface area (Å²) in [4.78, 5) is 12.5. The van der Waals surface area contributed by atoms with E-state index in [4.69, 9.17) is 16.3 Å². The zero-order valence-corrected chi connectivity index (χ0v) is 17.7. The molecule has 2 unspecified atom stereocenters. The van der Waals surface area contributed by atoms with E-state index in [0.29, 0.717) is 40.9 Å². The lowest BCUT2D eigenvalue weighted by molar-refractivity contribution is -0.931. The monoisotopic (exact) mass is 415 g/mol. The number of aromatic hydroxyl groups is 1. The zero-order valence-electron chi connectivity index (χ0n) is 16.9. The summed E-state index contributed by atoms with van der Waals surface area (Å²) >= 11 is 6.10. The highest BCUT2D eigenvalue weighted by atomic mass is 35.5. The quantitative estimate of drug-likeness (QED) is 0.527. The van der Waals surface area contributed by atoms with Gasteiger partial charge in [0.15, 0.2) is 0 Å². The summed E-state index contributed by atoms with van der Waals surface area (Å²) in [6.45, 7) is 0.448. The number of phenolic OH excluding ortho intramolecular Hbond substituents is 1. The summed E-state index contributed by atoms with van der Waals surface area (Å²) in [7, 11) is 4.66. The van der Waals surface area contributed by atoms with E-state index in [9.17, 15) is 9.90 Å². The molecule has 4 rings (SSSR count). The highest BCUT2D eigenvalue weighted by molar-refractivity contribution is 6.30. The number of hydrogen-bond acceptors (Lipinski definition) is 3. The van der Waals surface area contributed by atoms with E-state index in [2.05, 4.69) is 19.4 Å². The van der Waals surface area contributed by atoms with Crippen molar-refractivity contribution in [3.05, 3.63) is 47.5 Å². The second kappa shape index (κ2) is 7.88. The van der Waals surface area contributed by atoms with Crippen molar-refractivity contribution in [1.29, 1.82) is 0 Å². The molecular formula is C23H28ClN2O3+. The van der Waals surface area contributed by atoms with Crippen molar-refractivity contribution in [1.82, 2.24) is 0 Å². The van der Waals surface area contributed by atoms with Crippen molar-refractivity contribution in [3.8, 4) is 16.9 Å². The van der Waals surface area contributed by atoms with Gasteiger partial charge in [0, 0.05) is 42.2 Å². The molecule has 2 aliphatic rings. The Morgan fingerprint density at radius 1 is 1.17 bits per heavy atom. The summed E-state index contributed by atoms with van der Waals surface area (Å²) in [6.07, 6.45) is 4.31. The third-order valence-corrected chi connectivity index (χ3v) is 6.99. The van der Waals surface area contributed by atoms with Gasteiger partial charge in [0.2, 0.25) is 0 Å². The number of carbonyl (C=O) groups excluding carboxylic acids is 1. The van der Waals surface area contributed by atoms with Gasteiger partial charge in [-0.3, -0.25) is 5.32 Å².